The molecule has 0 aromatic rings. The van der Waals surface area contributed by atoms with Gasteiger partial charge in [-0.2, -0.15) is 0 Å². The summed E-state index contributed by atoms with van der Waals surface area (Å²) in [5, 5.41) is 0. The van der Waals surface area contributed by atoms with Gasteiger partial charge < -0.3 is 0 Å². The van der Waals surface area contributed by atoms with Crippen LogP contribution in [0.3, 0.4) is 0 Å². The van der Waals surface area contributed by atoms with Crippen LogP contribution in [0.15, 0.2) is 0 Å². The smallest absolute Gasteiger partial charge is 0 e. The van der Waals surface area contributed by atoms with Crippen molar-refractivity contribution in [2.45, 2.75) is 0 Å². The van der Waals surface area contributed by atoms with Gasteiger partial charge in [0.1, 0.15) is 0 Å². The zero-order chi connectivity index (χ0) is 3.58. The van der Waals surface area contributed by atoms with Crippen molar-refractivity contribution in [2.75, 3.05) is 0 Å². The quantitative estimate of drug-likeness (QED) is 0.501. The van der Waals surface area contributed by atoms with E-state index >= 15 is 0 Å². The predicted molar refractivity (Wildman–Crippen MR) is 10.9 cm³/mol. The van der Waals surface area contributed by atoms with Crippen LogP contribution in [0.1, 0.15) is 0 Å². The molecule has 0 aliphatic heterocycles. The average molecular weight is 241 g/mol. The number of rotatable bonds is 0. The zero-order valence-electron chi connectivity index (χ0n) is 2.42. The van der Waals surface area contributed by atoms with Gasteiger partial charge in [0.2, 0.25) is 0 Å². The van der Waals surface area contributed by atoms with Gasteiger partial charge in [0.05, 0.1) is 0 Å². The second kappa shape index (κ2) is 5.16. The molecule has 0 aliphatic rings. The molecule has 2 N–H and O–H groups in total. The van der Waals surface area contributed by atoms with Crippen molar-refractivity contribution in [1.82, 2.24) is 0 Å². The molecule has 0 rings (SSSR count). The average Bonchev–Trinajstić information content (AvgIpc) is 0.811. The summed E-state index contributed by atoms with van der Waals surface area (Å²) in [6, 6.07) is 0. The Morgan fingerprint density at radius 2 is 1.40 bits per heavy atom. The molecule has 0 unspecified atom stereocenters. The molecule has 0 spiro atoms. The van der Waals surface area contributed by atoms with E-state index in [4.69, 9.17) is 12.2 Å². The molecule has 0 radical (unpaired) electrons. The molecule has 0 atom stereocenters. The molecule has 0 heterocycles. The molecule has 5 heavy (non-hydrogen) atoms. The van der Waals surface area contributed by atoms with E-state index in [1.807, 2.05) is 0 Å². The zero-order valence-corrected chi connectivity index (χ0v) is 8.17. The molecule has 0 saturated carbocycles. The summed E-state index contributed by atoms with van der Waals surface area (Å²) >= 11 is -3.29. The summed E-state index contributed by atoms with van der Waals surface area (Å²) < 4.78 is 23.1. The Hall–Kier alpha value is 1.16. The van der Waals surface area contributed by atoms with Crippen molar-refractivity contribution < 1.29 is 39.5 Å². The van der Waals surface area contributed by atoms with Crippen molar-refractivity contribution in [3.05, 3.63) is 0 Å². The monoisotopic (exact) mass is 244 g/mol. The van der Waals surface area contributed by atoms with E-state index in [1.165, 1.54) is 0 Å². The first-order chi connectivity index (χ1) is 1.73. The van der Waals surface area contributed by atoms with Gasteiger partial charge in [-0.05, 0) is 0 Å². The van der Waals surface area contributed by atoms with Crippen molar-refractivity contribution >= 4 is 14.5 Å². The van der Waals surface area contributed by atoms with Gasteiger partial charge in [-0.3, -0.25) is 0 Å². The van der Waals surface area contributed by atoms with E-state index in [0.717, 1.165) is 0 Å². The first-order valence-corrected chi connectivity index (χ1v) is 2.76. The topological polar surface area (TPSA) is 57.5 Å². The molecule has 0 fully saturated rings. The van der Waals surface area contributed by atoms with Crippen LogP contribution in [0.2, 0.25) is 0 Å². The summed E-state index contributed by atoms with van der Waals surface area (Å²) in [7, 11) is 0. The first kappa shape index (κ1) is 9.48. The minimum atomic E-state index is -3.29. The van der Waals surface area contributed by atoms with Crippen LogP contribution >= 0.6 is 0 Å². The second-order valence-corrected chi connectivity index (χ2v) is 1.20. The van der Waals surface area contributed by atoms with Crippen LogP contribution in [-0.2, 0) is 31.1 Å². The van der Waals surface area contributed by atoms with Gasteiger partial charge in [0, 0.05) is 27.3 Å². The van der Waals surface area contributed by atoms with Crippen molar-refractivity contribution in [2.24, 2.45) is 0 Å². The second-order valence-electron chi connectivity index (χ2n) is 0.231. The van der Waals surface area contributed by atoms with Crippen LogP contribution < -0.4 is 0 Å². The first-order valence-electron chi connectivity index (χ1n) is 0.532. The van der Waals surface area contributed by atoms with E-state index in [9.17, 15) is 0 Å². The summed E-state index contributed by atoms with van der Waals surface area (Å²) in [6.45, 7) is 0. The van der Waals surface area contributed by atoms with Gasteiger partial charge in [0.25, 0.3) is 0 Å². The molecule has 5 heteroatoms. The normalized spacial score (nSPS) is 7.00. The molecule has 0 aromatic carbocycles. The molecule has 28 valence electrons. The minimum Gasteiger partial charge on any atom is 0 e. The Morgan fingerprint density at radius 3 is 1.40 bits per heavy atom. The standard InChI is InChI=1S/Cd.H2O3Se/c;1-4(2)3/h;(H2,1,2,3). The van der Waals surface area contributed by atoms with Crippen molar-refractivity contribution in [3.8, 4) is 0 Å². The van der Waals surface area contributed by atoms with Gasteiger partial charge in [-0.1, -0.05) is 0 Å². The Kier molecular flexibility index (Phi) is 9.78. The summed E-state index contributed by atoms with van der Waals surface area (Å²) in [4.78, 5) is 0. The molecule has 0 bridgehead atoms. The number of hydrogen-bond acceptors (Lipinski definition) is 1. The summed E-state index contributed by atoms with van der Waals surface area (Å²) in [6.07, 6.45) is 0. The Bertz CT molecular complexity index is 29.9. The SMILES string of the molecule is O=[Se](O)O.[Cd]. The van der Waals surface area contributed by atoms with Gasteiger partial charge in [-0.15, -0.1) is 0 Å². The van der Waals surface area contributed by atoms with Crippen LogP contribution in [-0.4, -0.2) is 22.9 Å². The maximum atomic E-state index is 8.76. The van der Waals surface area contributed by atoms with E-state index in [0.29, 0.717) is 0 Å². The van der Waals surface area contributed by atoms with Crippen LogP contribution in [0.5, 0.6) is 0 Å². The minimum absolute atomic E-state index is 0. The van der Waals surface area contributed by atoms with E-state index in [-0.39, 0.29) is 27.3 Å². The molecule has 0 aliphatic carbocycles. The summed E-state index contributed by atoms with van der Waals surface area (Å²) in [5.41, 5.74) is 0. The molecule has 0 aromatic heterocycles. The van der Waals surface area contributed by atoms with Crippen LogP contribution in [0, 0.1) is 0 Å². The third-order valence-corrected chi connectivity index (χ3v) is 0. The van der Waals surface area contributed by atoms with Gasteiger partial charge in [0.15, 0.2) is 0 Å². The molecule has 0 saturated heterocycles. The Morgan fingerprint density at radius 1 is 1.40 bits per heavy atom. The molecular weight excluding hydrogens is 239 g/mol. The fourth-order valence-corrected chi connectivity index (χ4v) is 0. The molecule has 0 amide bonds. The van der Waals surface area contributed by atoms with Gasteiger partial charge >= 0.3 is 26.7 Å². The maximum Gasteiger partial charge on any atom is 0 e. The number of hydrogen-bond donors (Lipinski definition) is 2. The predicted octanol–water partition coefficient (Wildman–Crippen LogP) is -1.62. The van der Waals surface area contributed by atoms with Crippen LogP contribution in [0.4, 0.5) is 0 Å². The summed E-state index contributed by atoms with van der Waals surface area (Å²) in [5.74, 6) is 0. The Balaban J connectivity index is 0. The van der Waals surface area contributed by atoms with Gasteiger partial charge in [-0.25, -0.2) is 0 Å². The fraction of sp³-hybridized carbons (Fsp3) is 0. The van der Waals surface area contributed by atoms with E-state index in [1.54, 1.807) is 0 Å². The molecule has 3 nitrogen and oxygen atoms in total. The fourth-order valence-electron chi connectivity index (χ4n) is 0. The van der Waals surface area contributed by atoms with Crippen LogP contribution in [0.25, 0.3) is 0 Å². The molecular formula is H2CdO3Se. The Labute approximate surface area is 53.9 Å². The maximum absolute atomic E-state index is 8.76. The van der Waals surface area contributed by atoms with Crippen molar-refractivity contribution in [1.29, 1.82) is 0 Å². The third-order valence-electron chi connectivity index (χ3n) is 0. The van der Waals surface area contributed by atoms with Crippen molar-refractivity contribution in [3.63, 3.8) is 0 Å². The third kappa shape index (κ3) is 38.2. The van der Waals surface area contributed by atoms with E-state index < -0.39 is 14.5 Å². The van der Waals surface area contributed by atoms with E-state index in [2.05, 4.69) is 0 Å². The largest absolute Gasteiger partial charge is 0 e.